The first-order valence-corrected chi connectivity index (χ1v) is 7.34. The van der Waals surface area contributed by atoms with Gasteiger partial charge in [0.1, 0.15) is 0 Å². The van der Waals surface area contributed by atoms with Crippen molar-refractivity contribution in [3.05, 3.63) is 29.8 Å². The smallest absolute Gasteiger partial charge is 0.227 e. The summed E-state index contributed by atoms with van der Waals surface area (Å²) in [5, 5.41) is 17.3. The molecule has 0 radical (unpaired) electrons. The van der Waals surface area contributed by atoms with E-state index < -0.39 is 0 Å². The Morgan fingerprint density at radius 3 is 2.64 bits per heavy atom. The van der Waals surface area contributed by atoms with Crippen molar-refractivity contribution in [2.24, 2.45) is 0 Å². The highest BCUT2D eigenvalue weighted by Crippen LogP contribution is 2.22. The summed E-state index contributed by atoms with van der Waals surface area (Å²) in [5.74, 6) is 1.18. The Hall–Kier alpha value is -2.70. The summed E-state index contributed by atoms with van der Waals surface area (Å²) in [7, 11) is 0. The number of aryl methyl sites for hydroxylation is 1. The molecule has 2 aromatic heterocycles. The minimum absolute atomic E-state index is 0.288. The maximum atomic E-state index is 4.52. The lowest BCUT2D eigenvalue weighted by Crippen LogP contribution is -2.16. The molecule has 0 aliphatic rings. The number of rotatable bonds is 5. The van der Waals surface area contributed by atoms with Crippen LogP contribution in [0.15, 0.2) is 24.3 Å². The van der Waals surface area contributed by atoms with E-state index in [-0.39, 0.29) is 6.04 Å². The first-order valence-electron chi connectivity index (χ1n) is 7.34. The molecule has 1 aromatic carbocycles. The molecule has 0 spiro atoms. The van der Waals surface area contributed by atoms with Crippen molar-refractivity contribution in [3.63, 3.8) is 0 Å². The summed E-state index contributed by atoms with van der Waals surface area (Å²) in [4.78, 5) is 8.90. The summed E-state index contributed by atoms with van der Waals surface area (Å²) < 4.78 is 0. The van der Waals surface area contributed by atoms with Gasteiger partial charge in [0.2, 0.25) is 11.6 Å². The summed E-state index contributed by atoms with van der Waals surface area (Å²) in [6.07, 6.45) is 0.987. The maximum Gasteiger partial charge on any atom is 0.227 e. The number of anilines is 3. The molecule has 1 atom stereocenters. The van der Waals surface area contributed by atoms with Gasteiger partial charge in [0.15, 0.2) is 11.3 Å². The quantitative estimate of drug-likeness (QED) is 0.670. The summed E-state index contributed by atoms with van der Waals surface area (Å²) in [6, 6.07) is 8.39. The Morgan fingerprint density at radius 1 is 1.14 bits per heavy atom. The van der Waals surface area contributed by atoms with Crippen LogP contribution in [-0.4, -0.2) is 31.4 Å². The zero-order valence-corrected chi connectivity index (χ0v) is 12.9. The molecule has 7 heteroatoms. The lowest BCUT2D eigenvalue weighted by molar-refractivity contribution is 0.754. The van der Waals surface area contributed by atoms with Crippen LogP contribution in [-0.2, 0) is 0 Å². The van der Waals surface area contributed by atoms with Crippen LogP contribution in [0.25, 0.3) is 11.2 Å². The zero-order chi connectivity index (χ0) is 15.5. The second-order valence-electron chi connectivity index (χ2n) is 5.34. The fraction of sp³-hybridized carbons (Fsp3) is 0.333. The van der Waals surface area contributed by atoms with Gasteiger partial charge in [-0.25, -0.2) is 0 Å². The molecule has 0 amide bonds. The van der Waals surface area contributed by atoms with Gasteiger partial charge >= 0.3 is 0 Å². The number of benzene rings is 1. The van der Waals surface area contributed by atoms with Gasteiger partial charge in [0.25, 0.3) is 0 Å². The SMILES string of the molecule is CCC(C)Nc1nc(Nc2ccc(C)cc2)c2n[nH]nc2n1. The minimum atomic E-state index is 0.288. The second-order valence-corrected chi connectivity index (χ2v) is 5.34. The predicted molar refractivity (Wildman–Crippen MR) is 87.3 cm³/mol. The van der Waals surface area contributed by atoms with E-state index in [1.165, 1.54) is 5.56 Å². The Morgan fingerprint density at radius 2 is 1.91 bits per heavy atom. The molecular weight excluding hydrogens is 278 g/mol. The molecule has 0 bridgehead atoms. The molecule has 0 aliphatic carbocycles. The molecule has 1 unspecified atom stereocenters. The van der Waals surface area contributed by atoms with Crippen molar-refractivity contribution < 1.29 is 0 Å². The van der Waals surface area contributed by atoms with E-state index >= 15 is 0 Å². The van der Waals surface area contributed by atoms with E-state index in [1.54, 1.807) is 0 Å². The molecule has 114 valence electrons. The third-order valence-electron chi connectivity index (χ3n) is 3.49. The largest absolute Gasteiger partial charge is 0.352 e. The van der Waals surface area contributed by atoms with Crippen molar-refractivity contribution in [1.29, 1.82) is 0 Å². The minimum Gasteiger partial charge on any atom is -0.352 e. The number of hydrogen-bond acceptors (Lipinski definition) is 6. The van der Waals surface area contributed by atoms with Gasteiger partial charge in [-0.05, 0) is 32.4 Å². The number of aromatic nitrogens is 5. The molecule has 3 N–H and O–H groups in total. The van der Waals surface area contributed by atoms with E-state index in [0.717, 1.165) is 12.1 Å². The van der Waals surface area contributed by atoms with Gasteiger partial charge in [-0.15, -0.1) is 5.10 Å². The molecular formula is C15H19N7. The zero-order valence-electron chi connectivity index (χ0n) is 12.9. The third-order valence-corrected chi connectivity index (χ3v) is 3.49. The average Bonchev–Trinajstić information content (AvgIpc) is 2.98. The Kier molecular flexibility index (Phi) is 3.86. The molecule has 0 fully saturated rings. The first kappa shape index (κ1) is 14.2. The highest BCUT2D eigenvalue weighted by molar-refractivity contribution is 5.85. The maximum absolute atomic E-state index is 4.52. The van der Waals surface area contributed by atoms with Crippen LogP contribution in [0.5, 0.6) is 0 Å². The first-order chi connectivity index (χ1) is 10.7. The van der Waals surface area contributed by atoms with E-state index in [9.17, 15) is 0 Å². The Labute approximate surface area is 128 Å². The number of aromatic amines is 1. The van der Waals surface area contributed by atoms with Crippen LogP contribution in [0, 0.1) is 6.92 Å². The Balaban J connectivity index is 1.95. The van der Waals surface area contributed by atoms with E-state index in [1.807, 2.05) is 24.3 Å². The van der Waals surface area contributed by atoms with Crippen molar-refractivity contribution in [2.75, 3.05) is 10.6 Å². The topological polar surface area (TPSA) is 91.4 Å². The van der Waals surface area contributed by atoms with E-state index in [0.29, 0.717) is 22.9 Å². The van der Waals surface area contributed by atoms with Gasteiger partial charge in [-0.2, -0.15) is 20.3 Å². The van der Waals surface area contributed by atoms with Crippen molar-refractivity contribution in [3.8, 4) is 0 Å². The number of fused-ring (bicyclic) bond motifs is 1. The van der Waals surface area contributed by atoms with Crippen LogP contribution in [0.1, 0.15) is 25.8 Å². The highest BCUT2D eigenvalue weighted by atomic mass is 15.4. The Bertz CT molecular complexity index is 763. The van der Waals surface area contributed by atoms with Gasteiger partial charge in [-0.3, -0.25) is 0 Å². The lowest BCUT2D eigenvalue weighted by atomic mass is 10.2. The monoisotopic (exact) mass is 297 g/mol. The fourth-order valence-electron chi connectivity index (χ4n) is 1.99. The normalized spacial score (nSPS) is 12.3. The third kappa shape index (κ3) is 2.98. The predicted octanol–water partition coefficient (Wildman–Crippen LogP) is 3.01. The van der Waals surface area contributed by atoms with Crippen LogP contribution < -0.4 is 10.6 Å². The molecule has 0 saturated heterocycles. The number of H-pyrrole nitrogens is 1. The molecule has 3 aromatic rings. The number of nitrogens with one attached hydrogen (secondary N) is 3. The fourth-order valence-corrected chi connectivity index (χ4v) is 1.99. The molecule has 22 heavy (non-hydrogen) atoms. The van der Waals surface area contributed by atoms with Crippen LogP contribution in [0.4, 0.5) is 17.5 Å². The van der Waals surface area contributed by atoms with Crippen molar-refractivity contribution in [2.45, 2.75) is 33.2 Å². The van der Waals surface area contributed by atoms with Crippen LogP contribution >= 0.6 is 0 Å². The van der Waals surface area contributed by atoms with Gasteiger partial charge < -0.3 is 10.6 Å². The van der Waals surface area contributed by atoms with E-state index in [4.69, 9.17) is 0 Å². The molecule has 0 aliphatic heterocycles. The van der Waals surface area contributed by atoms with Gasteiger partial charge in [-0.1, -0.05) is 24.6 Å². The van der Waals surface area contributed by atoms with Crippen molar-refractivity contribution >= 4 is 28.6 Å². The lowest BCUT2D eigenvalue weighted by Gasteiger charge is -2.12. The summed E-state index contributed by atoms with van der Waals surface area (Å²) in [6.45, 7) is 6.25. The second kappa shape index (κ2) is 5.97. The van der Waals surface area contributed by atoms with Gasteiger partial charge in [0.05, 0.1) is 0 Å². The van der Waals surface area contributed by atoms with Gasteiger partial charge in [0, 0.05) is 11.7 Å². The molecule has 7 nitrogen and oxygen atoms in total. The number of nitrogens with zero attached hydrogens (tertiary/aromatic N) is 4. The standard InChI is InChI=1S/C15H19N7/c1-4-10(3)16-15-18-13(12-14(19-15)21-22-20-12)17-11-7-5-9(2)6-8-11/h5-8,10H,4H2,1-3H3,(H3,16,17,18,19,20,21,22). The molecule has 2 heterocycles. The molecule has 0 saturated carbocycles. The van der Waals surface area contributed by atoms with Crippen LogP contribution in [0.2, 0.25) is 0 Å². The highest BCUT2D eigenvalue weighted by Gasteiger charge is 2.12. The summed E-state index contributed by atoms with van der Waals surface area (Å²) >= 11 is 0. The van der Waals surface area contributed by atoms with E-state index in [2.05, 4.69) is 56.8 Å². The average molecular weight is 297 g/mol. The van der Waals surface area contributed by atoms with Crippen LogP contribution in [0.3, 0.4) is 0 Å². The number of hydrogen-bond donors (Lipinski definition) is 3. The summed E-state index contributed by atoms with van der Waals surface area (Å²) in [5.41, 5.74) is 3.31. The van der Waals surface area contributed by atoms with Crippen molar-refractivity contribution in [1.82, 2.24) is 25.4 Å². The molecule has 3 rings (SSSR count).